The molecule has 0 aromatic carbocycles. The average molecular weight is 230 g/mol. The molecular formula is C12H26N2O2. The zero-order valence-corrected chi connectivity index (χ0v) is 11.0. The zero-order chi connectivity index (χ0) is 12.6. The molecule has 0 fully saturated rings. The molecule has 0 rings (SSSR count). The summed E-state index contributed by atoms with van der Waals surface area (Å²) in [7, 11) is 3.56. The number of carbonyl (C=O) groups is 1. The molecule has 0 aromatic rings. The van der Waals surface area contributed by atoms with Crippen molar-refractivity contribution in [3.8, 4) is 0 Å². The Kier molecular flexibility index (Phi) is 7.34. The molecule has 0 aromatic heterocycles. The summed E-state index contributed by atoms with van der Waals surface area (Å²) in [5, 5.41) is 12.2. The highest BCUT2D eigenvalue weighted by atomic mass is 16.3. The van der Waals surface area contributed by atoms with E-state index < -0.39 is 0 Å². The average Bonchev–Trinajstić information content (AvgIpc) is 2.16. The summed E-state index contributed by atoms with van der Waals surface area (Å²) >= 11 is 0. The fourth-order valence-corrected chi connectivity index (χ4v) is 1.41. The van der Waals surface area contributed by atoms with Crippen LogP contribution in [0.4, 0.5) is 0 Å². The van der Waals surface area contributed by atoms with Crippen molar-refractivity contribution in [3.63, 3.8) is 0 Å². The highest BCUT2D eigenvalue weighted by molar-refractivity contribution is 5.75. The maximum Gasteiger partial charge on any atom is 0.222 e. The number of amides is 1. The molecule has 0 atom stereocenters. The van der Waals surface area contributed by atoms with E-state index in [9.17, 15) is 4.79 Å². The number of hydrogen-bond acceptors (Lipinski definition) is 3. The van der Waals surface area contributed by atoms with Gasteiger partial charge < -0.3 is 15.3 Å². The number of rotatable bonds is 8. The molecule has 0 radical (unpaired) electrons. The third-order valence-electron chi connectivity index (χ3n) is 2.64. The summed E-state index contributed by atoms with van der Waals surface area (Å²) in [5.74, 6) is 0.177. The predicted molar refractivity (Wildman–Crippen MR) is 66.3 cm³/mol. The largest absolute Gasteiger partial charge is 0.396 e. The molecule has 0 aliphatic carbocycles. The molecule has 0 saturated carbocycles. The van der Waals surface area contributed by atoms with Gasteiger partial charge in [0.05, 0.1) is 0 Å². The highest BCUT2D eigenvalue weighted by Crippen LogP contribution is 2.17. The van der Waals surface area contributed by atoms with Crippen LogP contribution in [0.5, 0.6) is 0 Å². The molecule has 0 bridgehead atoms. The van der Waals surface area contributed by atoms with E-state index in [1.807, 2.05) is 0 Å². The monoisotopic (exact) mass is 230 g/mol. The van der Waals surface area contributed by atoms with Gasteiger partial charge >= 0.3 is 0 Å². The SMILES string of the molecule is CN(C)C(=O)CCCNCC(C)(C)CCO. The minimum Gasteiger partial charge on any atom is -0.396 e. The summed E-state index contributed by atoms with van der Waals surface area (Å²) in [6, 6.07) is 0. The molecule has 1 amide bonds. The Hall–Kier alpha value is -0.610. The molecule has 2 N–H and O–H groups in total. The molecule has 96 valence electrons. The summed E-state index contributed by atoms with van der Waals surface area (Å²) in [6.45, 7) is 6.22. The van der Waals surface area contributed by atoms with Crippen LogP contribution >= 0.6 is 0 Å². The van der Waals surface area contributed by atoms with Crippen molar-refractivity contribution in [2.45, 2.75) is 33.1 Å². The molecule has 0 heterocycles. The van der Waals surface area contributed by atoms with Crippen LogP contribution in [0.25, 0.3) is 0 Å². The molecular weight excluding hydrogens is 204 g/mol. The first-order chi connectivity index (χ1) is 7.39. The third-order valence-corrected chi connectivity index (χ3v) is 2.64. The van der Waals surface area contributed by atoms with Gasteiger partial charge in [-0.05, 0) is 24.8 Å². The Labute approximate surface area is 99.0 Å². The van der Waals surface area contributed by atoms with Crippen LogP contribution in [0.2, 0.25) is 0 Å². The minimum atomic E-state index is 0.125. The number of nitrogens with one attached hydrogen (secondary N) is 1. The van der Waals surface area contributed by atoms with Crippen LogP contribution in [0, 0.1) is 5.41 Å². The van der Waals surface area contributed by atoms with Crippen molar-refractivity contribution in [1.82, 2.24) is 10.2 Å². The molecule has 16 heavy (non-hydrogen) atoms. The van der Waals surface area contributed by atoms with Gasteiger partial charge in [0, 0.05) is 33.7 Å². The Morgan fingerprint density at radius 1 is 1.38 bits per heavy atom. The van der Waals surface area contributed by atoms with Gasteiger partial charge in [-0.1, -0.05) is 13.8 Å². The van der Waals surface area contributed by atoms with Crippen LogP contribution < -0.4 is 5.32 Å². The topological polar surface area (TPSA) is 52.6 Å². The Balaban J connectivity index is 3.50. The highest BCUT2D eigenvalue weighted by Gasteiger charge is 2.16. The maximum atomic E-state index is 11.3. The van der Waals surface area contributed by atoms with Crippen molar-refractivity contribution in [1.29, 1.82) is 0 Å². The first kappa shape index (κ1) is 15.4. The van der Waals surface area contributed by atoms with Crippen molar-refractivity contribution < 1.29 is 9.90 Å². The number of aliphatic hydroxyl groups is 1. The molecule has 0 spiro atoms. The molecule has 0 aliphatic heterocycles. The van der Waals surface area contributed by atoms with Crippen LogP contribution in [-0.2, 0) is 4.79 Å². The van der Waals surface area contributed by atoms with Gasteiger partial charge in [-0.25, -0.2) is 0 Å². The van der Waals surface area contributed by atoms with Gasteiger partial charge in [-0.2, -0.15) is 0 Å². The Bertz CT molecular complexity index is 203. The maximum absolute atomic E-state index is 11.3. The molecule has 4 heteroatoms. The molecule has 0 aliphatic rings. The third kappa shape index (κ3) is 7.65. The number of hydrogen-bond donors (Lipinski definition) is 2. The second-order valence-corrected chi connectivity index (χ2v) is 5.21. The fraction of sp³-hybridized carbons (Fsp3) is 0.917. The summed E-state index contributed by atoms with van der Waals surface area (Å²) in [6.07, 6.45) is 2.27. The van der Waals surface area contributed by atoms with Gasteiger partial charge in [-0.3, -0.25) is 4.79 Å². The summed E-state index contributed by atoms with van der Waals surface area (Å²) in [4.78, 5) is 12.9. The minimum absolute atomic E-state index is 0.125. The molecule has 4 nitrogen and oxygen atoms in total. The standard InChI is InChI=1S/C12H26N2O2/c1-12(2,7-9-15)10-13-8-5-6-11(16)14(3)4/h13,15H,5-10H2,1-4H3. The lowest BCUT2D eigenvalue weighted by Gasteiger charge is -2.24. The smallest absolute Gasteiger partial charge is 0.222 e. The summed E-state index contributed by atoms with van der Waals surface area (Å²) < 4.78 is 0. The van der Waals surface area contributed by atoms with E-state index in [0.29, 0.717) is 6.42 Å². The van der Waals surface area contributed by atoms with E-state index in [0.717, 1.165) is 25.9 Å². The fourth-order valence-electron chi connectivity index (χ4n) is 1.41. The number of nitrogens with zero attached hydrogens (tertiary/aromatic N) is 1. The van der Waals surface area contributed by atoms with E-state index in [4.69, 9.17) is 5.11 Å². The van der Waals surface area contributed by atoms with Crippen LogP contribution in [0.1, 0.15) is 33.1 Å². The van der Waals surface area contributed by atoms with Crippen LogP contribution in [-0.4, -0.2) is 49.7 Å². The number of carbonyl (C=O) groups excluding carboxylic acids is 1. The number of aliphatic hydroxyl groups excluding tert-OH is 1. The van der Waals surface area contributed by atoms with Crippen molar-refractivity contribution in [3.05, 3.63) is 0 Å². The van der Waals surface area contributed by atoms with Crippen molar-refractivity contribution in [2.24, 2.45) is 5.41 Å². The lowest BCUT2D eigenvalue weighted by atomic mass is 9.90. The van der Waals surface area contributed by atoms with Gasteiger partial charge in [0.1, 0.15) is 0 Å². The zero-order valence-electron chi connectivity index (χ0n) is 11.0. The normalized spacial score (nSPS) is 11.6. The second kappa shape index (κ2) is 7.63. The Morgan fingerprint density at radius 3 is 2.50 bits per heavy atom. The van der Waals surface area contributed by atoms with Gasteiger partial charge in [0.25, 0.3) is 0 Å². The van der Waals surface area contributed by atoms with Crippen molar-refractivity contribution in [2.75, 3.05) is 33.8 Å². The van der Waals surface area contributed by atoms with E-state index in [1.165, 1.54) is 0 Å². The lowest BCUT2D eigenvalue weighted by Crippen LogP contribution is -2.31. The van der Waals surface area contributed by atoms with E-state index >= 15 is 0 Å². The lowest BCUT2D eigenvalue weighted by molar-refractivity contribution is -0.128. The predicted octanol–water partition coefficient (Wildman–Crippen LogP) is 0.853. The second-order valence-electron chi connectivity index (χ2n) is 5.21. The molecule has 0 saturated heterocycles. The first-order valence-corrected chi connectivity index (χ1v) is 5.91. The molecule has 0 unspecified atom stereocenters. The van der Waals surface area contributed by atoms with Gasteiger partial charge in [0.2, 0.25) is 5.91 Å². The van der Waals surface area contributed by atoms with Crippen LogP contribution in [0.3, 0.4) is 0 Å². The summed E-state index contributed by atoms with van der Waals surface area (Å²) in [5.41, 5.74) is 0.125. The first-order valence-electron chi connectivity index (χ1n) is 5.91. The van der Waals surface area contributed by atoms with E-state index in [-0.39, 0.29) is 17.9 Å². The van der Waals surface area contributed by atoms with E-state index in [2.05, 4.69) is 19.2 Å². The Morgan fingerprint density at radius 2 is 2.00 bits per heavy atom. The van der Waals surface area contributed by atoms with Crippen LogP contribution in [0.15, 0.2) is 0 Å². The van der Waals surface area contributed by atoms with E-state index in [1.54, 1.807) is 19.0 Å². The van der Waals surface area contributed by atoms with Crippen molar-refractivity contribution >= 4 is 5.91 Å². The quantitative estimate of drug-likeness (QED) is 0.608. The van der Waals surface area contributed by atoms with Gasteiger partial charge in [-0.15, -0.1) is 0 Å². The van der Waals surface area contributed by atoms with Gasteiger partial charge in [0.15, 0.2) is 0 Å².